The van der Waals surface area contributed by atoms with E-state index < -0.39 is 6.03 Å². The molecule has 0 aliphatic carbocycles. The molecule has 0 fully saturated rings. The molecule has 1 rings (SSSR count). The second-order valence-corrected chi connectivity index (χ2v) is 2.63. The SMILES string of the molecule is COc1cccc(/C=N/[N-]C(N)=[OH+])c1[OH2+].O.[Co]. The maximum Gasteiger partial charge on any atom is 0.352 e. The Hall–Kier alpha value is -1.77. The molecule has 0 unspecified atom stereocenters. The molecule has 97 valence electrons. The fraction of sp³-hybridized carbons (Fsp3) is 0.111. The van der Waals surface area contributed by atoms with Crippen molar-refractivity contribution in [1.29, 1.82) is 0 Å². The quantitative estimate of drug-likeness (QED) is 0.444. The predicted molar refractivity (Wildman–Crippen MR) is 61.8 cm³/mol. The van der Waals surface area contributed by atoms with Crippen molar-refractivity contribution in [2.75, 3.05) is 7.11 Å². The number of methoxy groups -OCH3 is 1. The minimum atomic E-state index is -0.624. The summed E-state index contributed by atoms with van der Waals surface area (Å²) in [6.45, 7) is 0. The zero-order valence-corrected chi connectivity index (χ0v) is 10.0. The summed E-state index contributed by atoms with van der Waals surface area (Å²) >= 11 is 0. The van der Waals surface area contributed by atoms with E-state index in [1.807, 2.05) is 0 Å². The van der Waals surface area contributed by atoms with Gasteiger partial charge in [0, 0.05) is 23.0 Å². The first-order chi connectivity index (χ1) is 7.15. The third-order valence-corrected chi connectivity index (χ3v) is 1.64. The fourth-order valence-electron chi connectivity index (χ4n) is 0.976. The number of hydrogen-bond donors (Lipinski definition) is 1. The number of benzene rings is 1. The van der Waals surface area contributed by atoms with Crippen molar-refractivity contribution in [2.45, 2.75) is 0 Å². The van der Waals surface area contributed by atoms with Gasteiger partial charge in [0.1, 0.15) is 0 Å². The van der Waals surface area contributed by atoms with Gasteiger partial charge in [0.2, 0.25) is 5.75 Å². The molecule has 0 heterocycles. The third kappa shape index (κ3) is 5.20. The fourth-order valence-corrected chi connectivity index (χ4v) is 0.976. The van der Waals surface area contributed by atoms with Gasteiger partial charge >= 0.3 is 11.8 Å². The van der Waals surface area contributed by atoms with Gasteiger partial charge < -0.3 is 21.1 Å². The summed E-state index contributed by atoms with van der Waals surface area (Å²) in [6.07, 6.45) is 1.31. The zero-order chi connectivity index (χ0) is 11.3. The smallest absolute Gasteiger partial charge is 0.352 e. The van der Waals surface area contributed by atoms with Crippen LogP contribution in [0.4, 0.5) is 0 Å². The Bertz CT molecular complexity index is 398. The van der Waals surface area contributed by atoms with Crippen LogP contribution < -0.4 is 10.5 Å². The van der Waals surface area contributed by atoms with Crippen molar-refractivity contribution in [2.24, 2.45) is 10.8 Å². The van der Waals surface area contributed by atoms with Crippen LogP contribution in [0.15, 0.2) is 23.3 Å². The summed E-state index contributed by atoms with van der Waals surface area (Å²) in [5.74, 6) is 0.648. The standard InChI is InChI=1S/C9H11N3O3.Co.H2O/c1-15-7-4-2-3-6(8(7)13)5-11-12-9(10)14;;/h2-5H,1H3,(H4,10,11,12,13,14);;1H2/p+1. The molecule has 0 aliphatic rings. The van der Waals surface area contributed by atoms with Gasteiger partial charge in [-0.05, 0) is 12.1 Å². The van der Waals surface area contributed by atoms with E-state index in [9.17, 15) is 0 Å². The number of nitrogens with two attached hydrogens (primary N) is 1. The van der Waals surface area contributed by atoms with E-state index in [-0.39, 0.29) is 28.0 Å². The molecule has 0 saturated heterocycles. The van der Waals surface area contributed by atoms with E-state index >= 15 is 0 Å². The molecular weight excluding hydrogens is 273 g/mol. The molecule has 1 radical (unpaired) electrons. The zero-order valence-electron chi connectivity index (χ0n) is 8.97. The van der Waals surface area contributed by atoms with Crippen molar-refractivity contribution >= 4 is 12.2 Å². The summed E-state index contributed by atoms with van der Waals surface area (Å²) in [4.78, 5) is 8.54. The minimum absolute atomic E-state index is 0. The van der Waals surface area contributed by atoms with Gasteiger partial charge in [-0.15, -0.1) is 0 Å². The summed E-state index contributed by atoms with van der Waals surface area (Å²) in [6, 6.07) is 4.45. The van der Waals surface area contributed by atoms with Crippen LogP contribution in [0, 0.1) is 0 Å². The molecule has 17 heavy (non-hydrogen) atoms. The Balaban J connectivity index is 0. The van der Waals surface area contributed by atoms with Gasteiger partial charge in [-0.1, -0.05) is 6.07 Å². The average molecular weight is 287 g/mol. The molecule has 7 N–H and O–H groups in total. The number of carbonyl (C=O) groups excluding carboxylic acids is 1. The van der Waals surface area contributed by atoms with E-state index in [1.54, 1.807) is 18.2 Å². The van der Waals surface area contributed by atoms with E-state index in [0.717, 1.165) is 0 Å². The molecule has 0 bridgehead atoms. The Labute approximate surface area is 108 Å². The number of primary amides is 1. The molecule has 7 nitrogen and oxygen atoms in total. The average Bonchev–Trinajstić information content (AvgIpc) is 2.20. The van der Waals surface area contributed by atoms with E-state index in [2.05, 4.69) is 10.5 Å². The normalized spacial score (nSPS) is 9.00. The third-order valence-electron chi connectivity index (χ3n) is 1.64. The van der Waals surface area contributed by atoms with Gasteiger partial charge in [0.25, 0.3) is 0 Å². The number of hydrogen-bond acceptors (Lipinski definition) is 2. The summed E-state index contributed by atoms with van der Waals surface area (Å²) in [7, 11) is 1.48. The van der Waals surface area contributed by atoms with Crippen LogP contribution in [0.25, 0.3) is 5.43 Å². The van der Waals surface area contributed by atoms with Gasteiger partial charge in [-0.2, -0.15) is 0 Å². The van der Waals surface area contributed by atoms with Crippen molar-refractivity contribution in [3.8, 4) is 11.5 Å². The van der Waals surface area contributed by atoms with Crippen LogP contribution in [-0.4, -0.2) is 34.7 Å². The van der Waals surface area contributed by atoms with E-state index in [0.29, 0.717) is 11.3 Å². The van der Waals surface area contributed by atoms with Crippen molar-refractivity contribution in [3.05, 3.63) is 29.2 Å². The molecule has 8 heteroatoms. The summed E-state index contributed by atoms with van der Waals surface area (Å²) < 4.78 is 4.95. The first-order valence-corrected chi connectivity index (χ1v) is 4.09. The molecule has 1 aromatic rings. The largest absolute Gasteiger partial charge is 0.590 e. The number of ether oxygens (including phenoxy) is 1. The topological polar surface area (TPSA) is 138 Å². The van der Waals surface area contributed by atoms with Crippen molar-refractivity contribution in [1.82, 2.24) is 0 Å². The van der Waals surface area contributed by atoms with Crippen LogP contribution in [0.2, 0.25) is 0 Å². The first-order valence-electron chi connectivity index (χ1n) is 4.09. The van der Waals surface area contributed by atoms with Crippen LogP contribution >= 0.6 is 0 Å². The van der Waals surface area contributed by atoms with Crippen LogP contribution in [0.1, 0.15) is 5.56 Å². The Morgan fingerprint density at radius 2 is 2.24 bits per heavy atom. The van der Waals surface area contributed by atoms with Gasteiger partial charge in [-0.25, -0.2) is 0 Å². The maximum absolute atomic E-state index is 8.54. The number of nitrogens with zero attached hydrogens (tertiary/aromatic N) is 2. The molecule has 0 aromatic heterocycles. The van der Waals surface area contributed by atoms with Crippen LogP contribution in [0.3, 0.4) is 0 Å². The minimum Gasteiger partial charge on any atom is -0.590 e. The number of amides is 2. The molecule has 0 spiro atoms. The van der Waals surface area contributed by atoms with Gasteiger partial charge in [-0.3, -0.25) is 15.3 Å². The number of urea groups is 1. The Kier molecular flexibility index (Phi) is 8.69. The molecule has 0 atom stereocenters. The van der Waals surface area contributed by atoms with Crippen molar-refractivity contribution in [3.63, 3.8) is 0 Å². The van der Waals surface area contributed by atoms with Gasteiger partial charge in [0.05, 0.1) is 12.7 Å². The molecule has 0 aliphatic heterocycles. The van der Waals surface area contributed by atoms with E-state index in [1.165, 1.54) is 13.3 Å². The first kappa shape index (κ1) is 17.6. The monoisotopic (exact) mass is 287 g/mol. The summed E-state index contributed by atoms with van der Waals surface area (Å²) in [5.41, 5.74) is 8.61. The molecule has 0 saturated carbocycles. The molecular formula is C9H14CoN3O4+. The second kappa shape index (κ2) is 8.39. The van der Waals surface area contributed by atoms with Gasteiger partial charge in [0.15, 0.2) is 0 Å². The van der Waals surface area contributed by atoms with Crippen LogP contribution in [0.5, 0.6) is 11.5 Å². The second-order valence-electron chi connectivity index (χ2n) is 2.63. The predicted octanol–water partition coefficient (Wildman–Crippen LogP) is -0.568. The number of rotatable bonds is 3. The molecule has 2 amide bonds. The Morgan fingerprint density at radius 3 is 2.76 bits per heavy atom. The van der Waals surface area contributed by atoms with Crippen LogP contribution in [-0.2, 0) is 16.8 Å². The Morgan fingerprint density at radius 1 is 1.59 bits per heavy atom. The maximum atomic E-state index is 8.54. The van der Waals surface area contributed by atoms with Crippen molar-refractivity contribution < 1.29 is 36.9 Å². The van der Waals surface area contributed by atoms with E-state index in [4.69, 9.17) is 20.4 Å². The molecule has 1 aromatic carbocycles. The summed E-state index contributed by atoms with van der Waals surface area (Å²) in [5, 5.41) is 11.2. The number of para-hydroxylation sites is 1.